The van der Waals surface area contributed by atoms with Crippen LogP contribution in [-0.4, -0.2) is 47.6 Å². The Hall–Kier alpha value is -1.18. The highest BCUT2D eigenvalue weighted by atomic mass is 35.5. The van der Waals surface area contributed by atoms with Gasteiger partial charge >= 0.3 is 0 Å². The lowest BCUT2D eigenvalue weighted by atomic mass is 10.1. The highest BCUT2D eigenvalue weighted by Gasteiger charge is 2.24. The molecular weight excluding hydrogens is 393 g/mol. The molecular formula is C18H21Cl2N3O2S. The van der Waals surface area contributed by atoms with Crippen LogP contribution in [0.5, 0.6) is 0 Å². The highest BCUT2D eigenvalue weighted by molar-refractivity contribution is 7.15. The van der Waals surface area contributed by atoms with Gasteiger partial charge in [0, 0.05) is 30.6 Å². The first kappa shape index (κ1) is 19.6. The van der Waals surface area contributed by atoms with Crippen LogP contribution in [0.2, 0.25) is 10.0 Å². The Bertz CT molecular complexity index is 774. The number of amides is 1. The number of morpholine rings is 1. The van der Waals surface area contributed by atoms with Gasteiger partial charge in [-0.15, -0.1) is 11.3 Å². The summed E-state index contributed by atoms with van der Waals surface area (Å²) < 4.78 is 5.69. The molecule has 0 spiro atoms. The number of carbonyl (C=O) groups is 1. The van der Waals surface area contributed by atoms with E-state index in [4.69, 9.17) is 27.9 Å². The molecule has 1 N–H and O–H groups in total. The maximum absolute atomic E-state index is 12.3. The van der Waals surface area contributed by atoms with Gasteiger partial charge in [0.15, 0.2) is 5.13 Å². The Balaban J connectivity index is 1.56. The fourth-order valence-electron chi connectivity index (χ4n) is 3.10. The fraction of sp³-hybridized carbons (Fsp3) is 0.444. The summed E-state index contributed by atoms with van der Waals surface area (Å²) in [5, 5.41) is 4.57. The Morgan fingerprint density at radius 2 is 2.08 bits per heavy atom. The van der Waals surface area contributed by atoms with Crippen molar-refractivity contribution in [3.8, 4) is 0 Å². The molecule has 0 bridgehead atoms. The summed E-state index contributed by atoms with van der Waals surface area (Å²) in [6.45, 7) is 5.90. The SMILES string of the molecule is C[C@@H]1CN(CC(=O)Nc2ncc(Cc3cccc(Cl)c3Cl)s2)C[C@H](C)O1. The molecule has 1 aliphatic rings. The van der Waals surface area contributed by atoms with Crippen LogP contribution in [0.25, 0.3) is 0 Å². The van der Waals surface area contributed by atoms with E-state index in [2.05, 4.69) is 15.2 Å². The number of thiazole rings is 1. The molecule has 8 heteroatoms. The van der Waals surface area contributed by atoms with E-state index in [0.717, 1.165) is 23.5 Å². The minimum atomic E-state index is -0.0620. The maximum Gasteiger partial charge on any atom is 0.240 e. The van der Waals surface area contributed by atoms with E-state index >= 15 is 0 Å². The topological polar surface area (TPSA) is 54.5 Å². The third-order valence-corrected chi connectivity index (χ3v) is 5.83. The van der Waals surface area contributed by atoms with Crippen LogP contribution in [-0.2, 0) is 16.0 Å². The van der Waals surface area contributed by atoms with E-state index < -0.39 is 0 Å². The van der Waals surface area contributed by atoms with Gasteiger partial charge in [-0.2, -0.15) is 0 Å². The molecule has 0 saturated carbocycles. The summed E-state index contributed by atoms with van der Waals surface area (Å²) in [7, 11) is 0. The number of halogens is 2. The zero-order valence-corrected chi connectivity index (χ0v) is 17.0. The van der Waals surface area contributed by atoms with Crippen LogP contribution < -0.4 is 5.32 Å². The normalized spacial score (nSPS) is 20.9. The molecule has 1 aromatic carbocycles. The molecule has 2 heterocycles. The van der Waals surface area contributed by atoms with Crippen LogP contribution >= 0.6 is 34.5 Å². The number of ether oxygens (including phenoxy) is 1. The molecule has 1 amide bonds. The molecule has 3 rings (SSSR count). The van der Waals surface area contributed by atoms with E-state index in [-0.39, 0.29) is 18.1 Å². The van der Waals surface area contributed by atoms with Crippen LogP contribution in [0.4, 0.5) is 5.13 Å². The van der Waals surface area contributed by atoms with Gasteiger partial charge in [-0.1, -0.05) is 35.3 Å². The molecule has 5 nitrogen and oxygen atoms in total. The molecule has 1 fully saturated rings. The van der Waals surface area contributed by atoms with E-state index in [9.17, 15) is 4.79 Å². The van der Waals surface area contributed by atoms with E-state index in [0.29, 0.717) is 28.1 Å². The van der Waals surface area contributed by atoms with Crippen molar-refractivity contribution in [2.45, 2.75) is 32.5 Å². The number of nitrogens with one attached hydrogen (secondary N) is 1. The van der Waals surface area contributed by atoms with Gasteiger partial charge in [-0.25, -0.2) is 4.98 Å². The third kappa shape index (κ3) is 5.18. The molecule has 26 heavy (non-hydrogen) atoms. The van der Waals surface area contributed by atoms with Crippen molar-refractivity contribution >= 4 is 45.6 Å². The first-order chi connectivity index (χ1) is 12.4. The molecule has 1 saturated heterocycles. The van der Waals surface area contributed by atoms with Crippen LogP contribution in [0.15, 0.2) is 24.4 Å². The first-order valence-electron chi connectivity index (χ1n) is 8.46. The number of hydrogen-bond acceptors (Lipinski definition) is 5. The van der Waals surface area contributed by atoms with E-state index in [1.54, 1.807) is 12.3 Å². The van der Waals surface area contributed by atoms with Gasteiger partial charge in [-0.3, -0.25) is 9.69 Å². The van der Waals surface area contributed by atoms with Crippen molar-refractivity contribution in [1.29, 1.82) is 0 Å². The molecule has 2 atom stereocenters. The Kier molecular flexibility index (Phi) is 6.53. The van der Waals surface area contributed by atoms with Crippen molar-refractivity contribution in [2.24, 2.45) is 0 Å². The van der Waals surface area contributed by atoms with Gasteiger partial charge in [0.25, 0.3) is 0 Å². The molecule has 0 unspecified atom stereocenters. The Morgan fingerprint density at radius 3 is 2.81 bits per heavy atom. The number of hydrogen-bond donors (Lipinski definition) is 1. The highest BCUT2D eigenvalue weighted by Crippen LogP contribution is 2.29. The quantitative estimate of drug-likeness (QED) is 0.801. The second-order valence-corrected chi connectivity index (χ2v) is 8.42. The lowest BCUT2D eigenvalue weighted by Crippen LogP contribution is -2.48. The summed E-state index contributed by atoms with van der Waals surface area (Å²) in [4.78, 5) is 19.7. The van der Waals surface area contributed by atoms with Crippen LogP contribution in [0.1, 0.15) is 24.3 Å². The second-order valence-electron chi connectivity index (χ2n) is 6.52. The van der Waals surface area contributed by atoms with E-state index in [1.165, 1.54) is 11.3 Å². The minimum absolute atomic E-state index is 0.0620. The van der Waals surface area contributed by atoms with Crippen molar-refractivity contribution in [3.05, 3.63) is 44.9 Å². The largest absolute Gasteiger partial charge is 0.373 e. The third-order valence-electron chi connectivity index (χ3n) is 4.06. The van der Waals surface area contributed by atoms with Gasteiger partial charge < -0.3 is 10.1 Å². The number of nitrogens with zero attached hydrogens (tertiary/aromatic N) is 2. The predicted molar refractivity (Wildman–Crippen MR) is 106 cm³/mol. The fourth-order valence-corrected chi connectivity index (χ4v) is 4.33. The molecule has 1 aromatic heterocycles. The lowest BCUT2D eigenvalue weighted by molar-refractivity contribution is -0.121. The predicted octanol–water partition coefficient (Wildman–Crippen LogP) is 4.09. The zero-order chi connectivity index (χ0) is 18.7. The molecule has 2 aromatic rings. The summed E-state index contributed by atoms with van der Waals surface area (Å²) in [6, 6.07) is 5.57. The van der Waals surface area contributed by atoms with Crippen molar-refractivity contribution in [3.63, 3.8) is 0 Å². The number of benzene rings is 1. The first-order valence-corrected chi connectivity index (χ1v) is 10.0. The Labute approximate surface area is 167 Å². The zero-order valence-electron chi connectivity index (χ0n) is 14.7. The van der Waals surface area contributed by atoms with Crippen molar-refractivity contribution < 1.29 is 9.53 Å². The summed E-state index contributed by atoms with van der Waals surface area (Å²) in [5.74, 6) is -0.0620. The molecule has 0 aliphatic carbocycles. The summed E-state index contributed by atoms with van der Waals surface area (Å²) in [5.41, 5.74) is 0.942. The maximum atomic E-state index is 12.3. The summed E-state index contributed by atoms with van der Waals surface area (Å²) in [6.07, 6.45) is 2.67. The number of carbonyl (C=O) groups excluding carboxylic acids is 1. The molecule has 1 aliphatic heterocycles. The average molecular weight is 414 g/mol. The average Bonchev–Trinajstić information content (AvgIpc) is 2.97. The smallest absolute Gasteiger partial charge is 0.240 e. The van der Waals surface area contributed by atoms with Crippen LogP contribution in [0.3, 0.4) is 0 Å². The lowest BCUT2D eigenvalue weighted by Gasteiger charge is -2.34. The monoisotopic (exact) mass is 413 g/mol. The second kappa shape index (κ2) is 8.67. The minimum Gasteiger partial charge on any atom is -0.373 e. The number of aromatic nitrogens is 1. The number of rotatable bonds is 5. The van der Waals surface area contributed by atoms with Crippen LogP contribution in [0, 0.1) is 0 Å². The van der Waals surface area contributed by atoms with Crippen molar-refractivity contribution in [1.82, 2.24) is 9.88 Å². The van der Waals surface area contributed by atoms with Crippen molar-refractivity contribution in [2.75, 3.05) is 25.0 Å². The van der Waals surface area contributed by atoms with E-state index in [1.807, 2.05) is 26.0 Å². The summed E-state index contributed by atoms with van der Waals surface area (Å²) >= 11 is 13.7. The van der Waals surface area contributed by atoms with Gasteiger partial charge in [0.1, 0.15) is 0 Å². The Morgan fingerprint density at radius 1 is 1.35 bits per heavy atom. The van der Waals surface area contributed by atoms with Gasteiger partial charge in [0.2, 0.25) is 5.91 Å². The van der Waals surface area contributed by atoms with Gasteiger partial charge in [0.05, 0.1) is 28.8 Å². The standard InChI is InChI=1S/C18H21Cl2N3O2S/c1-11-8-23(9-12(2)25-11)10-16(24)22-18-21-7-14(26-18)6-13-4-3-5-15(19)17(13)20/h3-5,7,11-12H,6,8-10H2,1-2H3,(H,21,22,24)/t11-,12+. The van der Waals surface area contributed by atoms with Gasteiger partial charge in [-0.05, 0) is 25.5 Å². The molecule has 140 valence electrons. The molecule has 0 radical (unpaired) electrons. The number of anilines is 1.